The number of amides is 2. The van der Waals surface area contributed by atoms with Gasteiger partial charge in [0, 0.05) is 30.2 Å². The molecule has 0 spiro atoms. The minimum Gasteiger partial charge on any atom is -0.338 e. The van der Waals surface area contributed by atoms with Crippen molar-refractivity contribution in [3.8, 4) is 0 Å². The van der Waals surface area contributed by atoms with Crippen LogP contribution in [0.2, 0.25) is 5.02 Å². The molecule has 2 amide bonds. The highest BCUT2D eigenvalue weighted by Crippen LogP contribution is 2.26. The van der Waals surface area contributed by atoms with E-state index in [-0.39, 0.29) is 18.4 Å². The highest BCUT2D eigenvalue weighted by atomic mass is 35.5. The van der Waals surface area contributed by atoms with Gasteiger partial charge in [-0.2, -0.15) is 0 Å². The standard InChI is InChI=1S/C18H25ClN2O2/c1-4-16-7-5-6-10-20(16)18(23)12-21(14(3)22)17-11-15(19)9-8-13(17)2/h8-9,11,16H,4-7,10,12H2,1-3H3. The van der Waals surface area contributed by atoms with E-state index in [2.05, 4.69) is 6.92 Å². The van der Waals surface area contributed by atoms with E-state index in [0.717, 1.165) is 31.4 Å². The largest absolute Gasteiger partial charge is 0.338 e. The molecule has 0 radical (unpaired) electrons. The molecule has 5 heteroatoms. The van der Waals surface area contributed by atoms with Crippen LogP contribution in [0.4, 0.5) is 5.69 Å². The van der Waals surface area contributed by atoms with Gasteiger partial charge in [-0.05, 0) is 50.3 Å². The number of aryl methyl sites for hydroxylation is 1. The normalized spacial score (nSPS) is 17.9. The Hall–Kier alpha value is -1.55. The Kier molecular flexibility index (Phi) is 6.05. The predicted octanol–water partition coefficient (Wildman–Crippen LogP) is 3.79. The Bertz CT molecular complexity index is 588. The molecule has 1 aliphatic heterocycles. The summed E-state index contributed by atoms with van der Waals surface area (Å²) in [5.41, 5.74) is 1.64. The summed E-state index contributed by atoms with van der Waals surface area (Å²) >= 11 is 6.06. The SMILES string of the molecule is CCC1CCCCN1C(=O)CN(C(C)=O)c1cc(Cl)ccc1C. The third kappa shape index (κ3) is 4.25. The number of carbonyl (C=O) groups is 2. The lowest BCUT2D eigenvalue weighted by atomic mass is 10.00. The highest BCUT2D eigenvalue weighted by molar-refractivity contribution is 6.31. The summed E-state index contributed by atoms with van der Waals surface area (Å²) in [7, 11) is 0. The van der Waals surface area contributed by atoms with Crippen LogP contribution in [0.25, 0.3) is 0 Å². The molecule has 0 saturated carbocycles. The molecular formula is C18H25ClN2O2. The molecule has 126 valence electrons. The number of likely N-dealkylation sites (tertiary alicyclic amines) is 1. The lowest BCUT2D eigenvalue weighted by Crippen LogP contribution is -2.48. The Morgan fingerprint density at radius 3 is 2.74 bits per heavy atom. The van der Waals surface area contributed by atoms with E-state index >= 15 is 0 Å². The summed E-state index contributed by atoms with van der Waals surface area (Å²) in [6.07, 6.45) is 4.23. The average molecular weight is 337 g/mol. The Labute approximate surface area is 143 Å². The van der Waals surface area contributed by atoms with Crippen molar-refractivity contribution in [1.29, 1.82) is 0 Å². The molecule has 0 bridgehead atoms. The Morgan fingerprint density at radius 2 is 2.09 bits per heavy atom. The fourth-order valence-electron chi connectivity index (χ4n) is 3.22. The lowest BCUT2D eigenvalue weighted by molar-refractivity contribution is -0.134. The first-order chi connectivity index (χ1) is 10.9. The number of carbonyl (C=O) groups excluding carboxylic acids is 2. The third-order valence-corrected chi connectivity index (χ3v) is 4.79. The van der Waals surface area contributed by atoms with Crippen molar-refractivity contribution in [2.45, 2.75) is 52.5 Å². The molecule has 1 fully saturated rings. The Morgan fingerprint density at radius 1 is 1.35 bits per heavy atom. The molecule has 1 aromatic carbocycles. The maximum absolute atomic E-state index is 12.8. The van der Waals surface area contributed by atoms with E-state index in [1.165, 1.54) is 18.2 Å². The van der Waals surface area contributed by atoms with Gasteiger partial charge >= 0.3 is 0 Å². The first-order valence-electron chi connectivity index (χ1n) is 8.27. The first-order valence-corrected chi connectivity index (χ1v) is 8.65. The van der Waals surface area contributed by atoms with Gasteiger partial charge in [-0.3, -0.25) is 9.59 Å². The van der Waals surface area contributed by atoms with Crippen LogP contribution in [0, 0.1) is 6.92 Å². The van der Waals surface area contributed by atoms with Gasteiger partial charge in [0.25, 0.3) is 0 Å². The molecule has 1 aliphatic rings. The van der Waals surface area contributed by atoms with Gasteiger partial charge in [0.05, 0.1) is 0 Å². The number of hydrogen-bond acceptors (Lipinski definition) is 2. The molecule has 0 N–H and O–H groups in total. The van der Waals surface area contributed by atoms with E-state index in [1.54, 1.807) is 12.1 Å². The van der Waals surface area contributed by atoms with E-state index < -0.39 is 0 Å². The second kappa shape index (κ2) is 7.82. The van der Waals surface area contributed by atoms with Crippen molar-refractivity contribution in [3.63, 3.8) is 0 Å². The number of anilines is 1. The third-order valence-electron chi connectivity index (χ3n) is 4.55. The maximum atomic E-state index is 12.8. The summed E-state index contributed by atoms with van der Waals surface area (Å²) in [4.78, 5) is 28.3. The molecule has 1 saturated heterocycles. The van der Waals surface area contributed by atoms with E-state index in [4.69, 9.17) is 11.6 Å². The molecule has 1 unspecified atom stereocenters. The number of nitrogens with zero attached hydrogens (tertiary/aromatic N) is 2. The molecule has 1 aromatic rings. The van der Waals surface area contributed by atoms with Gasteiger partial charge in [0.2, 0.25) is 11.8 Å². The monoisotopic (exact) mass is 336 g/mol. The molecule has 4 nitrogen and oxygen atoms in total. The van der Waals surface area contributed by atoms with Crippen molar-refractivity contribution in [2.24, 2.45) is 0 Å². The minimum absolute atomic E-state index is 0.0196. The van der Waals surface area contributed by atoms with Gasteiger partial charge in [-0.25, -0.2) is 0 Å². The maximum Gasteiger partial charge on any atom is 0.242 e. The van der Waals surface area contributed by atoms with Gasteiger partial charge in [0.1, 0.15) is 6.54 Å². The topological polar surface area (TPSA) is 40.6 Å². The molecular weight excluding hydrogens is 312 g/mol. The zero-order valence-electron chi connectivity index (χ0n) is 14.1. The van der Waals surface area contributed by atoms with Crippen LogP contribution in [-0.2, 0) is 9.59 Å². The van der Waals surface area contributed by atoms with Gasteiger partial charge in [-0.15, -0.1) is 0 Å². The van der Waals surface area contributed by atoms with Crippen LogP contribution < -0.4 is 4.90 Å². The molecule has 2 rings (SSSR count). The van der Waals surface area contributed by atoms with Gasteiger partial charge < -0.3 is 9.80 Å². The zero-order chi connectivity index (χ0) is 17.0. The lowest BCUT2D eigenvalue weighted by Gasteiger charge is -2.36. The second-order valence-electron chi connectivity index (χ2n) is 6.18. The fourth-order valence-corrected chi connectivity index (χ4v) is 3.39. The molecule has 1 heterocycles. The van der Waals surface area contributed by atoms with Crippen molar-refractivity contribution in [1.82, 2.24) is 4.90 Å². The molecule has 0 aromatic heterocycles. The summed E-state index contributed by atoms with van der Waals surface area (Å²) in [6, 6.07) is 5.70. The summed E-state index contributed by atoms with van der Waals surface area (Å²) in [5.74, 6) is -0.125. The van der Waals surface area contributed by atoms with Gasteiger partial charge in [0.15, 0.2) is 0 Å². The van der Waals surface area contributed by atoms with Crippen LogP contribution in [0.1, 0.15) is 45.1 Å². The number of benzene rings is 1. The number of piperidine rings is 1. The van der Waals surface area contributed by atoms with Crippen LogP contribution in [0.15, 0.2) is 18.2 Å². The van der Waals surface area contributed by atoms with Gasteiger partial charge in [-0.1, -0.05) is 24.6 Å². The fraction of sp³-hybridized carbons (Fsp3) is 0.556. The first kappa shape index (κ1) is 17.8. The number of halogens is 1. The predicted molar refractivity (Wildman–Crippen MR) is 93.9 cm³/mol. The smallest absolute Gasteiger partial charge is 0.242 e. The van der Waals surface area contributed by atoms with E-state index in [0.29, 0.717) is 16.8 Å². The molecule has 23 heavy (non-hydrogen) atoms. The average Bonchev–Trinajstić information content (AvgIpc) is 2.54. The second-order valence-corrected chi connectivity index (χ2v) is 6.62. The zero-order valence-corrected chi connectivity index (χ0v) is 14.9. The molecule has 0 aliphatic carbocycles. The quantitative estimate of drug-likeness (QED) is 0.839. The number of hydrogen-bond donors (Lipinski definition) is 0. The highest BCUT2D eigenvalue weighted by Gasteiger charge is 2.28. The minimum atomic E-state index is -0.145. The van der Waals surface area contributed by atoms with Crippen LogP contribution in [0.5, 0.6) is 0 Å². The van der Waals surface area contributed by atoms with Crippen LogP contribution in [0.3, 0.4) is 0 Å². The van der Waals surface area contributed by atoms with Crippen molar-refractivity contribution >= 4 is 29.1 Å². The summed E-state index contributed by atoms with van der Waals surface area (Å²) in [6.45, 7) is 6.38. The van der Waals surface area contributed by atoms with Crippen LogP contribution >= 0.6 is 11.6 Å². The van der Waals surface area contributed by atoms with Crippen molar-refractivity contribution < 1.29 is 9.59 Å². The molecule has 1 atom stereocenters. The van der Waals surface area contributed by atoms with E-state index in [1.807, 2.05) is 17.9 Å². The summed E-state index contributed by atoms with van der Waals surface area (Å²) < 4.78 is 0. The number of rotatable bonds is 4. The van der Waals surface area contributed by atoms with Crippen LogP contribution in [-0.4, -0.2) is 35.8 Å². The summed E-state index contributed by atoms with van der Waals surface area (Å²) in [5, 5.41) is 0.564. The van der Waals surface area contributed by atoms with Crippen molar-refractivity contribution in [3.05, 3.63) is 28.8 Å². The van der Waals surface area contributed by atoms with E-state index in [9.17, 15) is 9.59 Å². The Balaban J connectivity index is 2.20. The van der Waals surface area contributed by atoms with Crippen molar-refractivity contribution in [2.75, 3.05) is 18.0 Å².